The number of pyridine rings is 1. The van der Waals surface area contributed by atoms with E-state index in [-0.39, 0.29) is 25.6 Å². The van der Waals surface area contributed by atoms with Gasteiger partial charge in [0, 0.05) is 43.2 Å². The molecule has 1 fully saturated rings. The predicted molar refractivity (Wildman–Crippen MR) is 113 cm³/mol. The third-order valence-electron chi connectivity index (χ3n) is 5.04. The van der Waals surface area contributed by atoms with Crippen LogP contribution < -0.4 is 14.8 Å². The lowest BCUT2D eigenvalue weighted by molar-refractivity contribution is 0.184. The first-order valence-corrected chi connectivity index (χ1v) is 11.5. The van der Waals surface area contributed by atoms with Gasteiger partial charge in [-0.25, -0.2) is 13.6 Å². The van der Waals surface area contributed by atoms with Gasteiger partial charge in [0.1, 0.15) is 6.17 Å². The second-order valence-corrected chi connectivity index (χ2v) is 8.85. The molecule has 13 heteroatoms. The molecule has 31 heavy (non-hydrogen) atoms. The Bertz CT molecular complexity index is 1130. The van der Waals surface area contributed by atoms with Crippen molar-refractivity contribution in [3.63, 3.8) is 0 Å². The largest absolute Gasteiger partial charge is 0.489 e. The standard InChI is InChI=1S/C18H25FN8O3S/c1-3-22-31(28,29)26-7-6-15(14(19)11-26)23-18-24-17-16(30-4-2)13(5-8-27(17)25-18)12-9-20-21-10-12/h5,8-10,14-15,22H,3-4,6-7,11H2,1-2H3,(H,20,21)(H,23,25). The smallest absolute Gasteiger partial charge is 0.279 e. The first kappa shape index (κ1) is 21.5. The summed E-state index contributed by atoms with van der Waals surface area (Å²) in [6.45, 7) is 4.23. The maximum Gasteiger partial charge on any atom is 0.279 e. The molecule has 4 heterocycles. The lowest BCUT2D eigenvalue weighted by Crippen LogP contribution is -2.52. The molecule has 0 bridgehead atoms. The summed E-state index contributed by atoms with van der Waals surface area (Å²) in [4.78, 5) is 4.50. The minimum atomic E-state index is -3.67. The molecule has 1 saturated heterocycles. The maximum atomic E-state index is 14.8. The summed E-state index contributed by atoms with van der Waals surface area (Å²) in [6, 6.07) is 1.25. The van der Waals surface area contributed by atoms with Crippen LogP contribution in [0.5, 0.6) is 5.75 Å². The quantitative estimate of drug-likeness (QED) is 0.468. The number of hydrogen-bond donors (Lipinski definition) is 3. The zero-order valence-electron chi connectivity index (χ0n) is 17.2. The number of nitrogens with one attached hydrogen (secondary N) is 3. The number of H-pyrrole nitrogens is 1. The van der Waals surface area contributed by atoms with Crippen LogP contribution in [0.4, 0.5) is 10.3 Å². The van der Waals surface area contributed by atoms with E-state index in [9.17, 15) is 12.8 Å². The summed E-state index contributed by atoms with van der Waals surface area (Å²) in [5.74, 6) is 0.802. The lowest BCUT2D eigenvalue weighted by Gasteiger charge is -2.33. The van der Waals surface area contributed by atoms with Crippen molar-refractivity contribution in [3.05, 3.63) is 24.7 Å². The van der Waals surface area contributed by atoms with Gasteiger partial charge in [-0.1, -0.05) is 6.92 Å². The molecule has 4 rings (SSSR count). The summed E-state index contributed by atoms with van der Waals surface area (Å²) in [5, 5.41) is 14.2. The third kappa shape index (κ3) is 4.34. The first-order chi connectivity index (χ1) is 14.9. The zero-order chi connectivity index (χ0) is 22.0. The van der Waals surface area contributed by atoms with Crippen LogP contribution in [-0.4, -0.2) is 76.0 Å². The van der Waals surface area contributed by atoms with Crippen molar-refractivity contribution in [3.8, 4) is 16.9 Å². The van der Waals surface area contributed by atoms with E-state index in [4.69, 9.17) is 4.74 Å². The normalized spacial score (nSPS) is 20.2. The summed E-state index contributed by atoms with van der Waals surface area (Å²) in [6.07, 6.45) is 4.08. The van der Waals surface area contributed by atoms with Crippen molar-refractivity contribution in [2.75, 3.05) is 31.6 Å². The Morgan fingerprint density at radius 1 is 1.39 bits per heavy atom. The molecule has 2 atom stereocenters. The van der Waals surface area contributed by atoms with Crippen LogP contribution in [0, 0.1) is 0 Å². The van der Waals surface area contributed by atoms with Crippen LogP contribution in [0.3, 0.4) is 0 Å². The molecule has 3 aromatic heterocycles. The molecule has 168 valence electrons. The van der Waals surface area contributed by atoms with Gasteiger partial charge < -0.3 is 10.1 Å². The molecule has 1 aliphatic heterocycles. The number of hydrogen-bond acceptors (Lipinski definition) is 7. The molecule has 3 N–H and O–H groups in total. The van der Waals surface area contributed by atoms with Gasteiger partial charge in [-0.05, 0) is 19.4 Å². The average Bonchev–Trinajstić information content (AvgIpc) is 3.39. The second kappa shape index (κ2) is 8.77. The van der Waals surface area contributed by atoms with Gasteiger partial charge in [0.15, 0.2) is 11.4 Å². The van der Waals surface area contributed by atoms with Crippen LogP contribution in [0.15, 0.2) is 24.7 Å². The number of aromatic amines is 1. The number of alkyl halides is 1. The molecule has 0 aromatic carbocycles. The lowest BCUT2D eigenvalue weighted by atomic mass is 10.1. The van der Waals surface area contributed by atoms with Crippen molar-refractivity contribution in [2.45, 2.75) is 32.5 Å². The summed E-state index contributed by atoms with van der Waals surface area (Å²) in [7, 11) is -3.67. The van der Waals surface area contributed by atoms with Gasteiger partial charge in [-0.3, -0.25) is 5.10 Å². The average molecular weight is 453 g/mol. The molecular weight excluding hydrogens is 427 g/mol. The molecule has 2 unspecified atom stereocenters. The number of rotatable bonds is 8. The predicted octanol–water partition coefficient (Wildman–Crippen LogP) is 1.20. The highest BCUT2D eigenvalue weighted by atomic mass is 32.2. The minimum absolute atomic E-state index is 0.204. The number of piperidine rings is 1. The van der Waals surface area contributed by atoms with Gasteiger partial charge >= 0.3 is 0 Å². The molecule has 0 amide bonds. The van der Waals surface area contributed by atoms with Gasteiger partial charge in [0.05, 0.1) is 18.8 Å². The molecule has 0 saturated carbocycles. The second-order valence-electron chi connectivity index (χ2n) is 7.10. The Kier molecular flexibility index (Phi) is 6.07. The first-order valence-electron chi connectivity index (χ1n) is 10.1. The molecule has 0 radical (unpaired) electrons. The fraction of sp³-hybridized carbons (Fsp3) is 0.500. The Morgan fingerprint density at radius 3 is 2.90 bits per heavy atom. The summed E-state index contributed by atoms with van der Waals surface area (Å²) >= 11 is 0. The summed E-state index contributed by atoms with van der Waals surface area (Å²) in [5.41, 5.74) is 2.15. The molecule has 0 aliphatic carbocycles. The third-order valence-corrected chi connectivity index (χ3v) is 6.71. The number of nitrogens with zero attached hydrogens (tertiary/aromatic N) is 5. The number of halogens is 1. The highest BCUT2D eigenvalue weighted by molar-refractivity contribution is 7.87. The van der Waals surface area contributed by atoms with Crippen LogP contribution >= 0.6 is 0 Å². The monoisotopic (exact) mass is 452 g/mol. The van der Waals surface area contributed by atoms with E-state index in [1.165, 1.54) is 0 Å². The van der Waals surface area contributed by atoms with Crippen LogP contribution in [0.1, 0.15) is 20.3 Å². The molecule has 1 aliphatic rings. The van der Waals surface area contributed by atoms with Gasteiger partial charge in [0.25, 0.3) is 10.2 Å². The van der Waals surface area contributed by atoms with E-state index in [1.54, 1.807) is 30.0 Å². The zero-order valence-corrected chi connectivity index (χ0v) is 18.1. The summed E-state index contributed by atoms with van der Waals surface area (Å²) < 4.78 is 49.9. The molecule has 0 spiro atoms. The Balaban J connectivity index is 1.55. The minimum Gasteiger partial charge on any atom is -0.489 e. The molecule has 11 nitrogen and oxygen atoms in total. The Hall–Kier alpha value is -2.77. The molecule has 3 aromatic rings. The van der Waals surface area contributed by atoms with Crippen LogP contribution in [-0.2, 0) is 10.2 Å². The van der Waals surface area contributed by atoms with Crippen LogP contribution in [0.25, 0.3) is 16.8 Å². The maximum absolute atomic E-state index is 14.8. The Labute approximate surface area is 179 Å². The van der Waals surface area contributed by atoms with Gasteiger partial charge in [0.2, 0.25) is 5.95 Å². The van der Waals surface area contributed by atoms with Crippen molar-refractivity contribution < 1.29 is 17.5 Å². The SMILES string of the molecule is CCNS(=O)(=O)N1CCC(Nc2nc3c(OCC)c(-c4cn[nH]c4)ccn3n2)C(F)C1. The van der Waals surface area contributed by atoms with E-state index < -0.39 is 22.4 Å². The number of ether oxygens (including phenoxy) is 1. The van der Waals surface area contributed by atoms with E-state index >= 15 is 0 Å². The molecular formula is C18H25FN8O3S. The van der Waals surface area contributed by atoms with Crippen LogP contribution in [0.2, 0.25) is 0 Å². The van der Waals surface area contributed by atoms with Crippen molar-refractivity contribution >= 4 is 21.8 Å². The fourth-order valence-electron chi connectivity index (χ4n) is 3.59. The van der Waals surface area contributed by atoms with E-state index in [2.05, 4.69) is 30.3 Å². The highest BCUT2D eigenvalue weighted by Gasteiger charge is 2.35. The highest BCUT2D eigenvalue weighted by Crippen LogP contribution is 2.33. The topological polar surface area (TPSA) is 130 Å². The van der Waals surface area contributed by atoms with Crippen molar-refractivity contribution in [2.24, 2.45) is 0 Å². The number of anilines is 1. The van der Waals surface area contributed by atoms with Gasteiger partial charge in [-0.15, -0.1) is 5.10 Å². The van der Waals surface area contributed by atoms with Gasteiger partial charge in [-0.2, -0.15) is 22.8 Å². The van der Waals surface area contributed by atoms with E-state index in [0.717, 1.165) is 15.4 Å². The van der Waals surface area contributed by atoms with Crippen molar-refractivity contribution in [1.29, 1.82) is 0 Å². The van der Waals surface area contributed by atoms with Crippen molar-refractivity contribution in [1.82, 2.24) is 33.8 Å². The number of fused-ring (bicyclic) bond motifs is 1. The van der Waals surface area contributed by atoms with E-state index in [1.807, 2.05) is 13.0 Å². The Morgan fingerprint density at radius 2 is 2.23 bits per heavy atom. The number of aromatic nitrogens is 5. The fourth-order valence-corrected chi connectivity index (χ4v) is 4.83. The van der Waals surface area contributed by atoms with E-state index in [0.29, 0.717) is 24.4 Å².